The van der Waals surface area contributed by atoms with Crippen molar-refractivity contribution in [3.05, 3.63) is 217 Å². The van der Waals surface area contributed by atoms with Crippen molar-refractivity contribution >= 4 is 21.8 Å². The molecule has 4 heterocycles. The second kappa shape index (κ2) is 17.0. The smallest absolute Gasteiger partial charge is 0.319 e. The largest absolute Gasteiger partial charge is 3.00 e. The monoisotopic (exact) mass is 860 g/mol. The molecule has 9 aromatic rings. The summed E-state index contributed by atoms with van der Waals surface area (Å²) < 4.78 is 2.16. The molecule has 4 nitrogen and oxygen atoms in total. The molecule has 0 aliphatic heterocycles. The molecule has 0 saturated carbocycles. The molecule has 0 fully saturated rings. The third kappa shape index (κ3) is 8.08. The van der Waals surface area contributed by atoms with Gasteiger partial charge in [0.05, 0.1) is 0 Å². The summed E-state index contributed by atoms with van der Waals surface area (Å²) in [6.07, 6.45) is 8.44. The van der Waals surface area contributed by atoms with E-state index < -0.39 is 0 Å². The first-order valence-corrected chi connectivity index (χ1v) is 17.5. The summed E-state index contributed by atoms with van der Waals surface area (Å²) in [5.74, 6) is 0.927. The van der Waals surface area contributed by atoms with Crippen LogP contribution >= 0.6 is 0 Å². The first-order valence-electron chi connectivity index (χ1n) is 17.5. The Morgan fingerprint density at radius 3 is 2.00 bits per heavy atom. The van der Waals surface area contributed by atoms with Crippen LogP contribution in [-0.4, -0.2) is 19.5 Å². The predicted octanol–water partition coefficient (Wildman–Crippen LogP) is 10.8. The van der Waals surface area contributed by atoms with Crippen LogP contribution < -0.4 is 0 Å². The van der Waals surface area contributed by atoms with Crippen LogP contribution in [0.3, 0.4) is 0 Å². The van der Waals surface area contributed by atoms with Gasteiger partial charge in [-0.15, -0.1) is 76.7 Å². The molecule has 0 aliphatic rings. The fourth-order valence-electron chi connectivity index (χ4n) is 6.68. The van der Waals surface area contributed by atoms with Gasteiger partial charge < -0.3 is 14.5 Å². The number of hydrogen-bond donors (Lipinski definition) is 0. The second-order valence-corrected chi connectivity index (χ2v) is 12.5. The third-order valence-electron chi connectivity index (χ3n) is 9.23. The number of fused-ring (bicyclic) bond motifs is 3. The van der Waals surface area contributed by atoms with Crippen LogP contribution in [0.25, 0.3) is 50.1 Å². The Hall–Kier alpha value is -6.00. The first-order chi connectivity index (χ1) is 25.8. The molecule has 0 saturated heterocycles. The minimum atomic E-state index is 0. The van der Waals surface area contributed by atoms with E-state index in [2.05, 4.69) is 117 Å². The average Bonchev–Trinajstić information content (AvgIpc) is 3.57. The van der Waals surface area contributed by atoms with E-state index in [-0.39, 0.29) is 20.1 Å². The summed E-state index contributed by atoms with van der Waals surface area (Å²) in [7, 11) is 0. The van der Waals surface area contributed by atoms with Crippen molar-refractivity contribution in [2.24, 2.45) is 0 Å². The molecular formula is C48H35IrN4. The third-order valence-corrected chi connectivity index (χ3v) is 9.23. The van der Waals surface area contributed by atoms with Crippen molar-refractivity contribution in [1.29, 1.82) is 0 Å². The summed E-state index contributed by atoms with van der Waals surface area (Å²) in [5, 5.41) is 2.45. The summed E-state index contributed by atoms with van der Waals surface area (Å²) in [6.45, 7) is 0. The van der Waals surface area contributed by atoms with Crippen LogP contribution in [0.4, 0.5) is 0 Å². The average molecular weight is 860 g/mol. The van der Waals surface area contributed by atoms with E-state index in [1.807, 2.05) is 97.5 Å². The van der Waals surface area contributed by atoms with E-state index in [4.69, 9.17) is 0 Å². The van der Waals surface area contributed by atoms with Gasteiger partial charge in [-0.2, -0.15) is 24.3 Å². The standard InChI is InChI=1S/C31H24N2.C17H11N2.Ir/c1-2-11-26(12-3-1)30-20-18-24(23-33-30)17-19-25-10-4-5-13-27(25)22-28-14-6-7-15-29(28)31-16-8-9-21-32-31;1-3-9-15-13(7-1)14-8-2-4-10-16(14)19(15)17-11-5-6-12-18-17;/h1-11,13-14,16,18,20-21,23H,17,19,22H2;1-9,11-12H;/q-2;-1;+3. The maximum absolute atomic E-state index is 4.65. The van der Waals surface area contributed by atoms with Crippen LogP contribution in [0.5, 0.6) is 0 Å². The van der Waals surface area contributed by atoms with Crippen molar-refractivity contribution in [1.82, 2.24) is 19.5 Å². The molecule has 256 valence electrons. The van der Waals surface area contributed by atoms with Gasteiger partial charge in [0.15, 0.2) is 0 Å². The van der Waals surface area contributed by atoms with Crippen molar-refractivity contribution in [3.8, 4) is 28.3 Å². The van der Waals surface area contributed by atoms with Crippen LogP contribution in [0, 0.1) is 18.2 Å². The van der Waals surface area contributed by atoms with E-state index in [1.165, 1.54) is 38.5 Å². The molecular weight excluding hydrogens is 825 g/mol. The summed E-state index contributed by atoms with van der Waals surface area (Å²) in [6, 6.07) is 63.6. The summed E-state index contributed by atoms with van der Waals surface area (Å²) >= 11 is 0. The zero-order valence-corrected chi connectivity index (χ0v) is 31.4. The maximum atomic E-state index is 4.65. The number of aryl methyl sites for hydroxylation is 2. The fourth-order valence-corrected chi connectivity index (χ4v) is 6.68. The number of hydrogen-bond acceptors (Lipinski definition) is 3. The van der Waals surface area contributed by atoms with E-state index in [9.17, 15) is 0 Å². The molecule has 53 heavy (non-hydrogen) atoms. The zero-order valence-electron chi connectivity index (χ0n) is 29.0. The van der Waals surface area contributed by atoms with Crippen molar-refractivity contribution in [2.75, 3.05) is 0 Å². The van der Waals surface area contributed by atoms with Gasteiger partial charge in [0.25, 0.3) is 0 Å². The van der Waals surface area contributed by atoms with Gasteiger partial charge in [-0.25, -0.2) is 4.98 Å². The fraction of sp³-hybridized carbons (Fsp3) is 0.0625. The molecule has 0 radical (unpaired) electrons. The Kier molecular flexibility index (Phi) is 11.4. The molecule has 0 amide bonds. The van der Waals surface area contributed by atoms with Crippen LogP contribution in [0.1, 0.15) is 22.3 Å². The molecule has 5 aromatic carbocycles. The second-order valence-electron chi connectivity index (χ2n) is 12.5. The quantitative estimate of drug-likeness (QED) is 0.143. The number of para-hydroxylation sites is 2. The van der Waals surface area contributed by atoms with E-state index in [1.54, 1.807) is 0 Å². The van der Waals surface area contributed by atoms with Crippen LogP contribution in [0.2, 0.25) is 0 Å². The Bertz CT molecular complexity index is 2480. The van der Waals surface area contributed by atoms with Crippen molar-refractivity contribution in [3.63, 3.8) is 0 Å². The Morgan fingerprint density at radius 1 is 0.491 bits per heavy atom. The summed E-state index contributed by atoms with van der Waals surface area (Å²) in [5.41, 5.74) is 11.5. The number of benzene rings is 5. The minimum absolute atomic E-state index is 0. The van der Waals surface area contributed by atoms with Gasteiger partial charge in [0.1, 0.15) is 5.82 Å². The van der Waals surface area contributed by atoms with Gasteiger partial charge in [-0.3, -0.25) is 0 Å². The minimum Gasteiger partial charge on any atom is -0.319 e. The molecule has 0 unspecified atom stereocenters. The molecule has 9 rings (SSSR count). The zero-order chi connectivity index (χ0) is 35.0. The molecule has 0 atom stereocenters. The van der Waals surface area contributed by atoms with Crippen molar-refractivity contribution < 1.29 is 20.1 Å². The summed E-state index contributed by atoms with van der Waals surface area (Å²) in [4.78, 5) is 13.7. The number of pyridine rings is 3. The molecule has 5 heteroatoms. The van der Waals surface area contributed by atoms with Gasteiger partial charge in [-0.1, -0.05) is 78.3 Å². The van der Waals surface area contributed by atoms with Crippen molar-refractivity contribution in [2.45, 2.75) is 19.3 Å². The number of aromatic nitrogens is 4. The van der Waals surface area contributed by atoms with E-state index in [0.717, 1.165) is 53.1 Å². The molecule has 0 spiro atoms. The SMILES string of the molecule is [Ir+3].[c-]1cccc2c3ccccc3n(-c3ccccn3)c12.[c-]1ccccc1-c1ccc(CCc2ccccc2Cc2ccc[c-]c2-c2ccccn2)cn1. The van der Waals surface area contributed by atoms with Gasteiger partial charge in [0, 0.05) is 24.1 Å². The number of rotatable bonds is 8. The van der Waals surface area contributed by atoms with Crippen LogP contribution in [0.15, 0.2) is 176 Å². The Balaban J connectivity index is 0.000000184. The molecule has 0 bridgehead atoms. The Labute approximate surface area is 324 Å². The normalized spacial score (nSPS) is 10.7. The van der Waals surface area contributed by atoms with Gasteiger partial charge in [-0.05, 0) is 77.0 Å². The molecule has 0 aliphatic carbocycles. The van der Waals surface area contributed by atoms with Gasteiger partial charge >= 0.3 is 20.1 Å². The van der Waals surface area contributed by atoms with E-state index in [0.29, 0.717) is 0 Å². The molecule has 0 N–H and O–H groups in total. The Morgan fingerprint density at radius 2 is 1.21 bits per heavy atom. The predicted molar refractivity (Wildman–Crippen MR) is 211 cm³/mol. The maximum Gasteiger partial charge on any atom is 3.00 e. The van der Waals surface area contributed by atoms with Gasteiger partial charge in [0.2, 0.25) is 0 Å². The topological polar surface area (TPSA) is 43.6 Å². The first kappa shape index (κ1) is 35.4. The number of nitrogens with zero attached hydrogens (tertiary/aromatic N) is 4. The molecule has 4 aromatic heterocycles. The van der Waals surface area contributed by atoms with E-state index >= 15 is 0 Å². The van der Waals surface area contributed by atoms with Crippen LogP contribution in [-0.2, 0) is 39.4 Å².